The van der Waals surface area contributed by atoms with Gasteiger partial charge in [-0.3, -0.25) is 9.69 Å². The molecule has 0 aliphatic carbocycles. The normalized spacial score (nSPS) is 19.7. The highest BCUT2D eigenvalue weighted by atomic mass is 16.5. The van der Waals surface area contributed by atoms with Crippen LogP contribution in [0.3, 0.4) is 0 Å². The molecule has 1 amide bonds. The van der Waals surface area contributed by atoms with E-state index in [0.717, 1.165) is 37.4 Å². The molecule has 21 heavy (non-hydrogen) atoms. The van der Waals surface area contributed by atoms with Crippen LogP contribution in [0.1, 0.15) is 31.3 Å². The first-order valence-corrected chi connectivity index (χ1v) is 7.68. The smallest absolute Gasteiger partial charge is 0.252 e. The fourth-order valence-corrected chi connectivity index (χ4v) is 2.48. The molecule has 1 atom stereocenters. The van der Waals surface area contributed by atoms with E-state index in [9.17, 15) is 4.79 Å². The van der Waals surface area contributed by atoms with Gasteiger partial charge in [0.05, 0.1) is 6.61 Å². The van der Waals surface area contributed by atoms with Crippen LogP contribution in [0, 0.1) is 0 Å². The Morgan fingerprint density at radius 2 is 2.38 bits per heavy atom. The van der Waals surface area contributed by atoms with Crippen molar-refractivity contribution in [3.05, 3.63) is 17.7 Å². The Bertz CT molecular complexity index is 458. The van der Waals surface area contributed by atoms with Crippen LogP contribution >= 0.6 is 0 Å². The van der Waals surface area contributed by atoms with Crippen LogP contribution in [0.5, 0.6) is 0 Å². The molecule has 2 heterocycles. The van der Waals surface area contributed by atoms with E-state index < -0.39 is 0 Å². The average Bonchev–Trinajstić information content (AvgIpc) is 2.92. The minimum absolute atomic E-state index is 0.0351. The fraction of sp³-hybridized carbons (Fsp3) is 0.733. The van der Waals surface area contributed by atoms with E-state index in [1.807, 2.05) is 6.20 Å². The lowest BCUT2D eigenvalue weighted by atomic mass is 10.2. The monoisotopic (exact) mass is 294 g/mol. The van der Waals surface area contributed by atoms with E-state index in [0.29, 0.717) is 13.2 Å². The molecule has 1 fully saturated rings. The highest BCUT2D eigenvalue weighted by molar-refractivity contribution is 5.80. The Morgan fingerprint density at radius 1 is 1.57 bits per heavy atom. The minimum atomic E-state index is -0.351. The quantitative estimate of drug-likeness (QED) is 0.851. The number of ether oxygens (including phenoxy) is 1. The summed E-state index contributed by atoms with van der Waals surface area (Å²) in [6.07, 6.45) is 4.89. The number of carbonyl (C=O) groups is 1. The molecule has 0 bridgehead atoms. The average molecular weight is 294 g/mol. The number of hydrogen-bond acceptors (Lipinski definition) is 4. The third-order valence-corrected chi connectivity index (χ3v) is 3.71. The third kappa shape index (κ3) is 4.54. The molecule has 1 aromatic rings. The van der Waals surface area contributed by atoms with Gasteiger partial charge in [0.1, 0.15) is 11.9 Å². The lowest BCUT2D eigenvalue weighted by molar-refractivity contribution is -0.147. The predicted molar refractivity (Wildman–Crippen MR) is 80.9 cm³/mol. The van der Waals surface area contributed by atoms with Crippen molar-refractivity contribution in [3.8, 4) is 0 Å². The van der Waals surface area contributed by atoms with Gasteiger partial charge in [-0.05, 0) is 6.42 Å². The summed E-state index contributed by atoms with van der Waals surface area (Å²) in [6.45, 7) is 5.06. The van der Waals surface area contributed by atoms with E-state index in [4.69, 9.17) is 4.74 Å². The molecular weight excluding hydrogens is 268 g/mol. The first-order chi connectivity index (χ1) is 10.1. The maximum absolute atomic E-state index is 12.0. The zero-order chi connectivity index (χ0) is 15.2. The molecule has 1 N–H and O–H groups in total. The van der Waals surface area contributed by atoms with E-state index >= 15 is 0 Å². The minimum Gasteiger partial charge on any atom is -0.366 e. The molecule has 1 aromatic heterocycles. The summed E-state index contributed by atoms with van der Waals surface area (Å²) in [5.74, 6) is 1.09. The van der Waals surface area contributed by atoms with Crippen molar-refractivity contribution in [1.29, 1.82) is 0 Å². The van der Waals surface area contributed by atoms with Crippen molar-refractivity contribution in [2.45, 2.75) is 38.8 Å². The number of amides is 1. The van der Waals surface area contributed by atoms with Crippen molar-refractivity contribution < 1.29 is 9.53 Å². The lowest BCUT2D eigenvalue weighted by Crippen LogP contribution is -2.49. The number of unbranched alkanes of at least 4 members (excludes halogenated alkanes) is 1. The van der Waals surface area contributed by atoms with Gasteiger partial charge < -0.3 is 14.6 Å². The molecular formula is C15H26N4O2. The summed E-state index contributed by atoms with van der Waals surface area (Å²) in [7, 11) is 3.53. The fourth-order valence-electron chi connectivity index (χ4n) is 2.48. The largest absolute Gasteiger partial charge is 0.366 e. The number of nitrogens with one attached hydrogen (secondary N) is 1. The Hall–Kier alpha value is -1.40. The molecule has 6 heteroatoms. The van der Waals surface area contributed by atoms with Gasteiger partial charge in [-0.1, -0.05) is 13.3 Å². The SMILES string of the molecule is CCCCc1ncc(CN2CCO[C@@H](C(=O)N(C)C)C2)[nH]1. The van der Waals surface area contributed by atoms with Crippen molar-refractivity contribution >= 4 is 5.91 Å². The number of hydrogen-bond donors (Lipinski definition) is 1. The summed E-state index contributed by atoms with van der Waals surface area (Å²) in [5, 5.41) is 0. The number of rotatable bonds is 6. The van der Waals surface area contributed by atoms with Crippen molar-refractivity contribution in [2.75, 3.05) is 33.8 Å². The zero-order valence-corrected chi connectivity index (χ0v) is 13.3. The van der Waals surface area contributed by atoms with Crippen LogP contribution in [0.2, 0.25) is 0 Å². The predicted octanol–water partition coefficient (Wildman–Crippen LogP) is 1.04. The lowest BCUT2D eigenvalue weighted by Gasteiger charge is -2.32. The van der Waals surface area contributed by atoms with Gasteiger partial charge >= 0.3 is 0 Å². The number of imidazole rings is 1. The van der Waals surface area contributed by atoms with Crippen molar-refractivity contribution in [3.63, 3.8) is 0 Å². The van der Waals surface area contributed by atoms with Crippen LogP contribution in [-0.2, 0) is 22.5 Å². The molecule has 1 aliphatic heterocycles. The number of morpholine rings is 1. The van der Waals surface area contributed by atoms with E-state index in [-0.39, 0.29) is 12.0 Å². The molecule has 1 aliphatic rings. The first-order valence-electron chi connectivity index (χ1n) is 7.68. The van der Waals surface area contributed by atoms with Gasteiger partial charge in [-0.15, -0.1) is 0 Å². The van der Waals surface area contributed by atoms with Gasteiger partial charge in [0.25, 0.3) is 5.91 Å². The van der Waals surface area contributed by atoms with Crippen LogP contribution < -0.4 is 0 Å². The third-order valence-electron chi connectivity index (χ3n) is 3.71. The van der Waals surface area contributed by atoms with E-state index in [2.05, 4.69) is 21.8 Å². The van der Waals surface area contributed by atoms with Gasteiger partial charge in [-0.2, -0.15) is 0 Å². The molecule has 0 saturated carbocycles. The molecule has 6 nitrogen and oxygen atoms in total. The molecule has 1 saturated heterocycles. The second-order valence-electron chi connectivity index (χ2n) is 5.79. The number of carbonyl (C=O) groups excluding carboxylic acids is 1. The summed E-state index contributed by atoms with van der Waals surface area (Å²) < 4.78 is 5.57. The van der Waals surface area contributed by atoms with E-state index in [1.165, 1.54) is 6.42 Å². The summed E-state index contributed by atoms with van der Waals surface area (Å²) in [5.41, 5.74) is 1.11. The number of H-pyrrole nitrogens is 1. The van der Waals surface area contributed by atoms with Crippen LogP contribution in [0.25, 0.3) is 0 Å². The summed E-state index contributed by atoms with van der Waals surface area (Å²) in [4.78, 5) is 23.6. The number of nitrogens with zero attached hydrogens (tertiary/aromatic N) is 3. The number of aromatic nitrogens is 2. The highest BCUT2D eigenvalue weighted by Crippen LogP contribution is 2.11. The molecule has 118 valence electrons. The zero-order valence-electron chi connectivity index (χ0n) is 13.3. The highest BCUT2D eigenvalue weighted by Gasteiger charge is 2.27. The van der Waals surface area contributed by atoms with Crippen molar-refractivity contribution in [1.82, 2.24) is 19.8 Å². The van der Waals surface area contributed by atoms with Gasteiger partial charge in [-0.25, -0.2) is 4.98 Å². The standard InChI is InChI=1S/C15H26N4O2/c1-4-5-6-14-16-9-12(17-14)10-19-7-8-21-13(11-19)15(20)18(2)3/h9,13H,4-8,10-11H2,1-3H3,(H,16,17)/t13-/m1/s1. The van der Waals surface area contributed by atoms with Gasteiger partial charge in [0.2, 0.25) is 0 Å². The van der Waals surface area contributed by atoms with Crippen LogP contribution in [0.15, 0.2) is 6.20 Å². The Labute approximate surface area is 126 Å². The van der Waals surface area contributed by atoms with Gasteiger partial charge in [0, 0.05) is 52.0 Å². The second kappa shape index (κ2) is 7.56. The number of aromatic amines is 1. The second-order valence-corrected chi connectivity index (χ2v) is 5.79. The van der Waals surface area contributed by atoms with Gasteiger partial charge in [0.15, 0.2) is 0 Å². The van der Waals surface area contributed by atoms with Crippen LogP contribution in [-0.4, -0.2) is 65.6 Å². The molecule has 0 aromatic carbocycles. The maximum Gasteiger partial charge on any atom is 0.252 e. The van der Waals surface area contributed by atoms with Crippen molar-refractivity contribution in [2.24, 2.45) is 0 Å². The number of likely N-dealkylation sites (N-methyl/N-ethyl adjacent to an activating group) is 1. The summed E-state index contributed by atoms with van der Waals surface area (Å²) in [6, 6.07) is 0. The Kier molecular flexibility index (Phi) is 5.76. The van der Waals surface area contributed by atoms with Crippen LogP contribution in [0.4, 0.5) is 0 Å². The molecule has 0 unspecified atom stereocenters. The molecule has 0 radical (unpaired) electrons. The van der Waals surface area contributed by atoms with E-state index in [1.54, 1.807) is 19.0 Å². The Balaban J connectivity index is 1.87. The molecule has 2 rings (SSSR count). The summed E-state index contributed by atoms with van der Waals surface area (Å²) >= 11 is 0. The first kappa shape index (κ1) is 16.0. The maximum atomic E-state index is 12.0. The Morgan fingerprint density at radius 3 is 3.10 bits per heavy atom. The topological polar surface area (TPSA) is 61.5 Å². The molecule has 0 spiro atoms. The number of aryl methyl sites for hydroxylation is 1.